The van der Waals surface area contributed by atoms with Crippen LogP contribution in [0.4, 0.5) is 11.9 Å². The number of nitrogens with one attached hydrogen (secondary N) is 1. The second-order valence-electron chi connectivity index (χ2n) is 4.61. The number of aromatic nitrogens is 3. The van der Waals surface area contributed by atoms with Gasteiger partial charge in [-0.25, -0.2) is 0 Å². The molecular weight excluding hydrogens is 270 g/mol. The van der Waals surface area contributed by atoms with Gasteiger partial charge in [0.1, 0.15) is 5.75 Å². The Balaban J connectivity index is 2.19. The fraction of sp³-hybridized carbons (Fsp3) is 0.357. The van der Waals surface area contributed by atoms with E-state index in [1.165, 1.54) is 0 Å². The molecule has 0 aliphatic heterocycles. The highest BCUT2D eigenvalue weighted by Crippen LogP contribution is 2.21. The van der Waals surface area contributed by atoms with Gasteiger partial charge < -0.3 is 20.1 Å². The molecule has 21 heavy (non-hydrogen) atoms. The topological polar surface area (TPSA) is 83.4 Å². The average Bonchev–Trinajstić information content (AvgIpc) is 2.49. The first kappa shape index (κ1) is 15.0. The monoisotopic (exact) mass is 289 g/mol. The molecule has 112 valence electrons. The first-order valence-electron chi connectivity index (χ1n) is 6.61. The van der Waals surface area contributed by atoms with E-state index in [0.29, 0.717) is 24.1 Å². The largest absolute Gasteiger partial charge is 0.424 e. The standard InChI is InChI=1S/C14H19N5O2/c1-15-12-16-13(19(2)3)18-14(17-12)21-11-6-4-10(5-7-11)8-9-20/h4-7,20H,8-9H2,1-3H3,(H,15,16,17,18). The molecule has 2 rings (SSSR count). The highest BCUT2D eigenvalue weighted by atomic mass is 16.5. The van der Waals surface area contributed by atoms with Crippen molar-refractivity contribution < 1.29 is 9.84 Å². The van der Waals surface area contributed by atoms with Crippen molar-refractivity contribution >= 4 is 11.9 Å². The first-order chi connectivity index (χ1) is 10.1. The lowest BCUT2D eigenvalue weighted by Gasteiger charge is -2.12. The maximum absolute atomic E-state index is 8.89. The molecule has 2 aromatic rings. The van der Waals surface area contributed by atoms with E-state index >= 15 is 0 Å². The summed E-state index contributed by atoms with van der Waals surface area (Å²) in [6.45, 7) is 0.130. The van der Waals surface area contributed by atoms with Crippen LogP contribution < -0.4 is 15.0 Å². The van der Waals surface area contributed by atoms with Crippen molar-refractivity contribution in [1.29, 1.82) is 0 Å². The Morgan fingerprint density at radius 3 is 2.43 bits per heavy atom. The summed E-state index contributed by atoms with van der Waals surface area (Å²) >= 11 is 0. The quantitative estimate of drug-likeness (QED) is 0.829. The van der Waals surface area contributed by atoms with Crippen LogP contribution in [0.15, 0.2) is 24.3 Å². The summed E-state index contributed by atoms with van der Waals surface area (Å²) in [5, 5.41) is 11.8. The zero-order valence-corrected chi connectivity index (χ0v) is 12.4. The Morgan fingerprint density at radius 1 is 1.14 bits per heavy atom. The Morgan fingerprint density at radius 2 is 1.86 bits per heavy atom. The highest BCUT2D eigenvalue weighted by Gasteiger charge is 2.09. The molecule has 1 heterocycles. The molecular formula is C14H19N5O2. The zero-order chi connectivity index (χ0) is 15.2. The van der Waals surface area contributed by atoms with Crippen LogP contribution in [-0.4, -0.2) is 47.8 Å². The minimum atomic E-state index is 0.130. The van der Waals surface area contributed by atoms with Crippen molar-refractivity contribution in [3.8, 4) is 11.8 Å². The van der Waals surface area contributed by atoms with Crippen molar-refractivity contribution in [2.75, 3.05) is 38.0 Å². The molecule has 0 bridgehead atoms. The van der Waals surface area contributed by atoms with Gasteiger partial charge in [-0.05, 0) is 24.1 Å². The summed E-state index contributed by atoms with van der Waals surface area (Å²) in [7, 11) is 5.44. The first-order valence-corrected chi connectivity index (χ1v) is 6.61. The lowest BCUT2D eigenvalue weighted by molar-refractivity contribution is 0.299. The number of hydrogen-bond acceptors (Lipinski definition) is 7. The molecule has 0 aliphatic rings. The SMILES string of the molecule is CNc1nc(Oc2ccc(CCO)cc2)nc(N(C)C)n1. The van der Waals surface area contributed by atoms with Gasteiger partial charge >= 0.3 is 6.01 Å². The van der Waals surface area contributed by atoms with Gasteiger partial charge in [0.15, 0.2) is 0 Å². The molecule has 1 aromatic heterocycles. The summed E-state index contributed by atoms with van der Waals surface area (Å²) in [5.41, 5.74) is 1.05. The molecule has 7 nitrogen and oxygen atoms in total. The number of aliphatic hydroxyl groups is 1. The molecule has 0 unspecified atom stereocenters. The van der Waals surface area contributed by atoms with Gasteiger partial charge in [0.05, 0.1) is 0 Å². The normalized spacial score (nSPS) is 10.3. The van der Waals surface area contributed by atoms with Crippen LogP contribution in [-0.2, 0) is 6.42 Å². The Labute approximate surface area is 123 Å². The minimum absolute atomic E-state index is 0.130. The van der Waals surface area contributed by atoms with Gasteiger partial charge in [-0.2, -0.15) is 15.0 Å². The van der Waals surface area contributed by atoms with E-state index in [1.54, 1.807) is 11.9 Å². The lowest BCUT2D eigenvalue weighted by atomic mass is 10.1. The van der Waals surface area contributed by atoms with Crippen molar-refractivity contribution in [2.45, 2.75) is 6.42 Å². The van der Waals surface area contributed by atoms with E-state index in [-0.39, 0.29) is 12.6 Å². The van der Waals surface area contributed by atoms with Crippen LogP contribution in [0, 0.1) is 0 Å². The van der Waals surface area contributed by atoms with Crippen LogP contribution in [0.1, 0.15) is 5.56 Å². The van der Waals surface area contributed by atoms with Crippen molar-refractivity contribution in [3.63, 3.8) is 0 Å². The van der Waals surface area contributed by atoms with Crippen LogP contribution >= 0.6 is 0 Å². The molecule has 0 atom stereocenters. The molecule has 1 aromatic carbocycles. The number of aliphatic hydroxyl groups excluding tert-OH is 1. The molecule has 0 radical (unpaired) electrons. The van der Waals surface area contributed by atoms with Crippen LogP contribution in [0.3, 0.4) is 0 Å². The molecule has 0 saturated heterocycles. The highest BCUT2D eigenvalue weighted by molar-refractivity contribution is 5.38. The number of benzene rings is 1. The number of hydrogen-bond donors (Lipinski definition) is 2. The third-order valence-electron chi connectivity index (χ3n) is 2.76. The Bertz CT molecular complexity index is 586. The number of anilines is 2. The van der Waals surface area contributed by atoms with Gasteiger partial charge in [-0.3, -0.25) is 0 Å². The van der Waals surface area contributed by atoms with Gasteiger partial charge in [-0.15, -0.1) is 0 Å². The predicted octanol–water partition coefficient (Wildman–Crippen LogP) is 1.31. The second-order valence-corrected chi connectivity index (χ2v) is 4.61. The molecule has 0 amide bonds. The predicted molar refractivity (Wildman–Crippen MR) is 81.0 cm³/mol. The van der Waals surface area contributed by atoms with E-state index in [0.717, 1.165) is 5.56 Å². The summed E-state index contributed by atoms with van der Waals surface area (Å²) < 4.78 is 5.65. The molecule has 0 aliphatic carbocycles. The van der Waals surface area contributed by atoms with E-state index in [1.807, 2.05) is 38.4 Å². The molecule has 0 fully saturated rings. The minimum Gasteiger partial charge on any atom is -0.424 e. The molecule has 0 saturated carbocycles. The fourth-order valence-electron chi connectivity index (χ4n) is 1.66. The molecule has 2 N–H and O–H groups in total. The van der Waals surface area contributed by atoms with Gasteiger partial charge in [0.2, 0.25) is 11.9 Å². The van der Waals surface area contributed by atoms with Crippen molar-refractivity contribution in [1.82, 2.24) is 15.0 Å². The third kappa shape index (κ3) is 4.03. The third-order valence-corrected chi connectivity index (χ3v) is 2.76. The van der Waals surface area contributed by atoms with Gasteiger partial charge in [0, 0.05) is 27.7 Å². The van der Waals surface area contributed by atoms with Crippen LogP contribution in [0.5, 0.6) is 11.8 Å². The maximum atomic E-state index is 8.89. The van der Waals surface area contributed by atoms with Crippen molar-refractivity contribution in [2.24, 2.45) is 0 Å². The smallest absolute Gasteiger partial charge is 0.328 e. The lowest BCUT2D eigenvalue weighted by Crippen LogP contribution is -2.15. The molecule has 0 spiro atoms. The van der Waals surface area contributed by atoms with E-state index in [9.17, 15) is 0 Å². The van der Waals surface area contributed by atoms with Crippen molar-refractivity contribution in [3.05, 3.63) is 29.8 Å². The van der Waals surface area contributed by atoms with E-state index < -0.39 is 0 Å². The Hall–Kier alpha value is -2.41. The maximum Gasteiger partial charge on any atom is 0.328 e. The summed E-state index contributed by atoms with van der Waals surface area (Å²) in [6.07, 6.45) is 0.626. The number of rotatable bonds is 6. The summed E-state index contributed by atoms with van der Waals surface area (Å²) in [6, 6.07) is 7.68. The second kappa shape index (κ2) is 6.85. The summed E-state index contributed by atoms with van der Waals surface area (Å²) in [5.74, 6) is 1.59. The van der Waals surface area contributed by atoms with Gasteiger partial charge in [-0.1, -0.05) is 12.1 Å². The fourth-order valence-corrected chi connectivity index (χ4v) is 1.66. The number of nitrogens with zero attached hydrogens (tertiary/aromatic N) is 4. The Kier molecular flexibility index (Phi) is 4.89. The van der Waals surface area contributed by atoms with E-state index in [4.69, 9.17) is 9.84 Å². The molecule has 7 heteroatoms. The number of ether oxygens (including phenoxy) is 1. The van der Waals surface area contributed by atoms with E-state index in [2.05, 4.69) is 20.3 Å². The average molecular weight is 289 g/mol. The van der Waals surface area contributed by atoms with Crippen LogP contribution in [0.2, 0.25) is 0 Å². The summed E-state index contributed by atoms with van der Waals surface area (Å²) in [4.78, 5) is 14.4. The van der Waals surface area contributed by atoms with Gasteiger partial charge in [0.25, 0.3) is 0 Å². The zero-order valence-electron chi connectivity index (χ0n) is 12.4. The van der Waals surface area contributed by atoms with Crippen LogP contribution in [0.25, 0.3) is 0 Å².